The van der Waals surface area contributed by atoms with E-state index >= 15 is 0 Å². The van der Waals surface area contributed by atoms with Crippen LogP contribution in [0, 0.1) is 0 Å². The summed E-state index contributed by atoms with van der Waals surface area (Å²) < 4.78 is 34.5. The van der Waals surface area contributed by atoms with Crippen LogP contribution in [0.2, 0.25) is 0 Å². The topological polar surface area (TPSA) is 30.5 Å². The van der Waals surface area contributed by atoms with Gasteiger partial charge in [-0.2, -0.15) is 0 Å². The first kappa shape index (κ1) is 15.9. The first-order valence-electron chi connectivity index (χ1n) is 6.49. The first-order valence-corrected chi connectivity index (χ1v) is 6.49. The number of halogens is 2. The Kier molecular flexibility index (Phi) is 7.36. The fraction of sp³-hybridized carbons (Fsp3) is 0.571. The number of nitrogens with one attached hydrogen (secondary N) is 1. The van der Waals surface area contributed by atoms with E-state index in [0.29, 0.717) is 6.61 Å². The van der Waals surface area contributed by atoms with Crippen molar-refractivity contribution >= 4 is 0 Å². The molecule has 0 aliphatic heterocycles. The molecule has 0 saturated carbocycles. The second-order valence-electron chi connectivity index (χ2n) is 4.04. The predicted octanol–water partition coefficient (Wildman–Crippen LogP) is 3.02. The van der Waals surface area contributed by atoms with Crippen LogP contribution in [-0.2, 0) is 4.74 Å². The van der Waals surface area contributed by atoms with Gasteiger partial charge in [-0.15, -0.1) is 0 Å². The maximum atomic E-state index is 12.0. The Balaban J connectivity index is 2.58. The van der Waals surface area contributed by atoms with E-state index in [-0.39, 0.29) is 12.6 Å². The molecule has 0 bridgehead atoms. The van der Waals surface area contributed by atoms with Crippen LogP contribution in [-0.4, -0.2) is 32.8 Å². The number of ether oxygens (including phenoxy) is 2. The second kappa shape index (κ2) is 8.82. The number of hydrogen-bond donors (Lipinski definition) is 1. The van der Waals surface area contributed by atoms with Crippen LogP contribution in [0.4, 0.5) is 8.78 Å². The van der Waals surface area contributed by atoms with Crippen molar-refractivity contribution in [1.29, 1.82) is 0 Å². The molecule has 1 N–H and O–H groups in total. The number of alkyl halides is 2. The Morgan fingerprint density at radius 1 is 1.11 bits per heavy atom. The molecular weight excluding hydrogens is 252 g/mol. The molecule has 0 fully saturated rings. The highest BCUT2D eigenvalue weighted by Gasteiger charge is 2.12. The van der Waals surface area contributed by atoms with E-state index in [0.717, 1.165) is 17.9 Å². The minimum atomic E-state index is -2.43. The molecule has 0 heterocycles. The van der Waals surface area contributed by atoms with Gasteiger partial charge in [0, 0.05) is 0 Å². The van der Waals surface area contributed by atoms with Gasteiger partial charge in [-0.25, -0.2) is 8.78 Å². The summed E-state index contributed by atoms with van der Waals surface area (Å²) in [6.07, 6.45) is -2.43. The molecule has 5 heteroatoms. The third-order valence-electron chi connectivity index (χ3n) is 2.57. The van der Waals surface area contributed by atoms with Crippen molar-refractivity contribution in [2.45, 2.75) is 26.3 Å². The molecule has 0 spiro atoms. The summed E-state index contributed by atoms with van der Waals surface area (Å²) in [5.41, 5.74) is 1.000. The third-order valence-corrected chi connectivity index (χ3v) is 2.57. The highest BCUT2D eigenvalue weighted by atomic mass is 19.3. The van der Waals surface area contributed by atoms with E-state index in [1.54, 1.807) is 0 Å². The average Bonchev–Trinajstić information content (AvgIpc) is 2.39. The van der Waals surface area contributed by atoms with Crippen molar-refractivity contribution in [2.75, 3.05) is 26.4 Å². The number of benzene rings is 1. The summed E-state index contributed by atoms with van der Waals surface area (Å²) in [5.74, 6) is 0.801. The van der Waals surface area contributed by atoms with Crippen molar-refractivity contribution in [3.63, 3.8) is 0 Å². The van der Waals surface area contributed by atoms with Gasteiger partial charge < -0.3 is 14.8 Å². The minimum absolute atomic E-state index is 0.0839. The highest BCUT2D eigenvalue weighted by molar-refractivity contribution is 5.29. The molecule has 19 heavy (non-hydrogen) atoms. The smallest absolute Gasteiger partial charge is 0.261 e. The zero-order valence-electron chi connectivity index (χ0n) is 11.4. The lowest BCUT2D eigenvalue weighted by atomic mass is 10.1. The van der Waals surface area contributed by atoms with E-state index in [2.05, 4.69) is 5.32 Å². The van der Waals surface area contributed by atoms with E-state index in [9.17, 15) is 8.78 Å². The van der Waals surface area contributed by atoms with E-state index in [1.807, 2.05) is 38.1 Å². The molecule has 1 aromatic carbocycles. The Hall–Kier alpha value is -1.20. The Labute approximate surface area is 112 Å². The van der Waals surface area contributed by atoms with Crippen LogP contribution in [0.25, 0.3) is 0 Å². The van der Waals surface area contributed by atoms with Crippen LogP contribution in [0.5, 0.6) is 5.75 Å². The van der Waals surface area contributed by atoms with Crippen LogP contribution in [0.3, 0.4) is 0 Å². The molecule has 1 atom stereocenters. The Bertz CT molecular complexity index is 344. The zero-order valence-corrected chi connectivity index (χ0v) is 11.4. The van der Waals surface area contributed by atoms with Gasteiger partial charge in [0.2, 0.25) is 0 Å². The molecule has 0 aromatic heterocycles. The molecular formula is C14H21F2NO2. The molecule has 1 aromatic rings. The summed E-state index contributed by atoms with van der Waals surface area (Å²) in [5, 5.41) is 3.21. The maximum Gasteiger partial charge on any atom is 0.261 e. The van der Waals surface area contributed by atoms with E-state index < -0.39 is 13.0 Å². The first-order chi connectivity index (χ1) is 9.17. The summed E-state index contributed by atoms with van der Waals surface area (Å²) in [4.78, 5) is 0. The lowest BCUT2D eigenvalue weighted by Gasteiger charge is -2.18. The van der Waals surface area contributed by atoms with Crippen molar-refractivity contribution in [3.05, 3.63) is 29.8 Å². The van der Waals surface area contributed by atoms with Crippen molar-refractivity contribution < 1.29 is 18.3 Å². The molecule has 1 unspecified atom stereocenters. The number of rotatable bonds is 9. The molecule has 3 nitrogen and oxygen atoms in total. The van der Waals surface area contributed by atoms with Crippen LogP contribution in [0.15, 0.2) is 24.3 Å². The minimum Gasteiger partial charge on any atom is -0.494 e. The fourth-order valence-electron chi connectivity index (χ4n) is 1.76. The summed E-state index contributed by atoms with van der Waals surface area (Å²) in [6.45, 7) is 4.96. The van der Waals surface area contributed by atoms with E-state index in [1.165, 1.54) is 0 Å². The molecule has 0 aliphatic rings. The van der Waals surface area contributed by atoms with Gasteiger partial charge in [0.25, 0.3) is 6.43 Å². The Morgan fingerprint density at radius 2 is 1.79 bits per heavy atom. The van der Waals surface area contributed by atoms with Gasteiger partial charge in [-0.05, 0) is 31.2 Å². The molecule has 0 saturated heterocycles. The van der Waals surface area contributed by atoms with Crippen molar-refractivity contribution in [3.8, 4) is 5.75 Å². The molecule has 1 rings (SSSR count). The molecule has 0 aliphatic carbocycles. The third kappa shape index (κ3) is 5.98. The van der Waals surface area contributed by atoms with Gasteiger partial charge in [-0.3, -0.25) is 0 Å². The molecule has 108 valence electrons. The number of hydrogen-bond acceptors (Lipinski definition) is 3. The van der Waals surface area contributed by atoms with Gasteiger partial charge in [0.15, 0.2) is 0 Å². The normalized spacial score (nSPS) is 12.7. The van der Waals surface area contributed by atoms with Crippen molar-refractivity contribution in [2.24, 2.45) is 0 Å². The quantitative estimate of drug-likeness (QED) is 0.750. The maximum absolute atomic E-state index is 12.0. The monoisotopic (exact) mass is 273 g/mol. The summed E-state index contributed by atoms with van der Waals surface area (Å²) in [6, 6.07) is 7.50. The second-order valence-corrected chi connectivity index (χ2v) is 4.04. The summed E-state index contributed by atoms with van der Waals surface area (Å²) in [7, 11) is 0. The van der Waals surface area contributed by atoms with Crippen LogP contribution < -0.4 is 10.1 Å². The SMILES string of the molecule is CCNC(COCC(F)F)c1ccc(OCC)cc1. The predicted molar refractivity (Wildman–Crippen MR) is 70.9 cm³/mol. The molecule has 0 radical (unpaired) electrons. The van der Waals surface area contributed by atoms with Crippen LogP contribution in [0.1, 0.15) is 25.5 Å². The standard InChI is InChI=1S/C14H21F2NO2/c1-3-17-13(9-18-10-14(15)16)11-5-7-12(8-6-11)19-4-2/h5-8,13-14,17H,3-4,9-10H2,1-2H3. The highest BCUT2D eigenvalue weighted by Crippen LogP contribution is 2.18. The zero-order chi connectivity index (χ0) is 14.1. The lowest BCUT2D eigenvalue weighted by Crippen LogP contribution is -2.26. The Morgan fingerprint density at radius 3 is 2.32 bits per heavy atom. The molecule has 0 amide bonds. The average molecular weight is 273 g/mol. The van der Waals surface area contributed by atoms with Gasteiger partial charge in [0.1, 0.15) is 12.4 Å². The van der Waals surface area contributed by atoms with Crippen molar-refractivity contribution in [1.82, 2.24) is 5.32 Å². The van der Waals surface area contributed by atoms with Gasteiger partial charge in [0.05, 0.1) is 19.3 Å². The van der Waals surface area contributed by atoms with Crippen LogP contribution >= 0.6 is 0 Å². The summed E-state index contributed by atoms with van der Waals surface area (Å²) >= 11 is 0. The van der Waals surface area contributed by atoms with Gasteiger partial charge in [-0.1, -0.05) is 19.1 Å². The lowest BCUT2D eigenvalue weighted by molar-refractivity contribution is 0.00934. The van der Waals surface area contributed by atoms with E-state index in [4.69, 9.17) is 9.47 Å². The number of likely N-dealkylation sites (N-methyl/N-ethyl adjacent to an activating group) is 1. The van der Waals surface area contributed by atoms with Gasteiger partial charge >= 0.3 is 0 Å². The largest absolute Gasteiger partial charge is 0.494 e. The fourth-order valence-corrected chi connectivity index (χ4v) is 1.76.